The van der Waals surface area contributed by atoms with Gasteiger partial charge in [0.05, 0.1) is 10.6 Å². The number of nitrogens with one attached hydrogen (secondary N) is 2. The molecule has 0 saturated carbocycles. The van der Waals surface area contributed by atoms with Gasteiger partial charge in [0.2, 0.25) is 5.91 Å². The van der Waals surface area contributed by atoms with Gasteiger partial charge in [0.15, 0.2) is 23.1 Å². The zero-order valence-corrected chi connectivity index (χ0v) is 22.3. The fourth-order valence-electron chi connectivity index (χ4n) is 3.96. The molecule has 0 fully saturated rings. The van der Waals surface area contributed by atoms with E-state index in [-0.39, 0.29) is 16.5 Å². The van der Waals surface area contributed by atoms with Crippen LogP contribution in [-0.2, 0) is 10.6 Å². The molecular weight excluding hydrogens is 541 g/mol. The lowest BCUT2D eigenvalue weighted by Crippen LogP contribution is -2.53. The average molecular weight is 565 g/mol. The second kappa shape index (κ2) is 10.3. The Morgan fingerprint density at radius 2 is 1.61 bits per heavy atom. The molecule has 2 unspecified atom stereocenters. The molecule has 2 N–H and O–H groups in total. The van der Waals surface area contributed by atoms with Crippen LogP contribution in [0.2, 0.25) is 10.0 Å². The van der Waals surface area contributed by atoms with Crippen LogP contribution in [0.1, 0.15) is 31.9 Å². The van der Waals surface area contributed by atoms with Crippen LogP contribution in [0.4, 0.5) is 13.6 Å². The van der Waals surface area contributed by atoms with Crippen molar-refractivity contribution in [3.05, 3.63) is 87.4 Å². The Labute approximate surface area is 228 Å². The summed E-state index contributed by atoms with van der Waals surface area (Å²) in [7, 11) is 1.44. The molecule has 7 nitrogen and oxygen atoms in total. The third kappa shape index (κ3) is 5.35. The van der Waals surface area contributed by atoms with Crippen molar-refractivity contribution in [3.8, 4) is 17.2 Å². The molecule has 0 aromatic heterocycles. The fourth-order valence-corrected chi connectivity index (χ4v) is 4.49. The SMILES string of the molecule is CNC(=O)C(NC(=O)Oc1cc2c(cc1F)OC(c1ccc(F)cc1)(c1ccc(Cl)cc1Cl)O2)C(C)(C)C. The Bertz CT molecular complexity index is 1400. The molecule has 200 valence electrons. The van der Waals surface area contributed by atoms with Crippen molar-refractivity contribution >= 4 is 35.2 Å². The highest BCUT2D eigenvalue weighted by atomic mass is 35.5. The monoisotopic (exact) mass is 564 g/mol. The van der Waals surface area contributed by atoms with E-state index < -0.39 is 46.6 Å². The first-order chi connectivity index (χ1) is 17.8. The maximum atomic E-state index is 15.0. The van der Waals surface area contributed by atoms with Crippen molar-refractivity contribution < 1.29 is 32.6 Å². The van der Waals surface area contributed by atoms with E-state index >= 15 is 4.39 Å². The molecule has 1 aliphatic heterocycles. The zero-order valence-electron chi connectivity index (χ0n) is 20.8. The standard InChI is InChI=1S/C27H24Cl2F2N2O5/c1-26(2,3)23(24(34)32-4)33-25(35)36-20-13-22-21(12-19(20)31)37-27(38-22,14-5-8-16(30)9-6-14)17-10-7-15(28)11-18(17)29/h5-13,23H,1-4H3,(H,32,34)(H,33,35). The molecule has 38 heavy (non-hydrogen) atoms. The summed E-state index contributed by atoms with van der Waals surface area (Å²) in [6.45, 7) is 5.27. The van der Waals surface area contributed by atoms with E-state index in [0.717, 1.165) is 12.1 Å². The van der Waals surface area contributed by atoms with Crippen molar-refractivity contribution in [1.29, 1.82) is 0 Å². The van der Waals surface area contributed by atoms with E-state index in [9.17, 15) is 14.0 Å². The topological polar surface area (TPSA) is 85.9 Å². The third-order valence-corrected chi connectivity index (χ3v) is 6.40. The molecule has 0 saturated heterocycles. The Morgan fingerprint density at radius 1 is 0.974 bits per heavy atom. The molecule has 0 spiro atoms. The van der Waals surface area contributed by atoms with E-state index in [2.05, 4.69) is 10.6 Å². The van der Waals surface area contributed by atoms with Crippen LogP contribution < -0.4 is 24.8 Å². The summed E-state index contributed by atoms with van der Waals surface area (Å²) in [6.07, 6.45) is -1.04. The molecule has 1 heterocycles. The first-order valence-corrected chi connectivity index (χ1v) is 12.2. The third-order valence-electron chi connectivity index (χ3n) is 5.86. The van der Waals surface area contributed by atoms with Gasteiger partial charge in [-0.15, -0.1) is 0 Å². The van der Waals surface area contributed by atoms with E-state index in [1.165, 1.54) is 37.4 Å². The van der Waals surface area contributed by atoms with E-state index in [1.54, 1.807) is 32.9 Å². The number of carbonyl (C=O) groups is 2. The maximum Gasteiger partial charge on any atom is 0.413 e. The second-order valence-electron chi connectivity index (χ2n) is 9.63. The number of hydrogen-bond donors (Lipinski definition) is 2. The Hall–Kier alpha value is -3.56. The van der Waals surface area contributed by atoms with Crippen molar-refractivity contribution in [2.75, 3.05) is 7.05 Å². The molecular formula is C27H24Cl2F2N2O5. The number of fused-ring (bicyclic) bond motifs is 1. The van der Waals surface area contributed by atoms with Crippen molar-refractivity contribution in [2.24, 2.45) is 5.41 Å². The van der Waals surface area contributed by atoms with Gasteiger partial charge in [-0.1, -0.05) is 44.0 Å². The van der Waals surface area contributed by atoms with Gasteiger partial charge in [-0.3, -0.25) is 4.79 Å². The lowest BCUT2D eigenvalue weighted by Gasteiger charge is -2.29. The summed E-state index contributed by atoms with van der Waals surface area (Å²) in [6, 6.07) is 11.1. The van der Waals surface area contributed by atoms with Crippen molar-refractivity contribution in [3.63, 3.8) is 0 Å². The Balaban J connectivity index is 1.68. The Kier molecular flexibility index (Phi) is 7.45. The predicted molar refractivity (Wildman–Crippen MR) is 138 cm³/mol. The highest BCUT2D eigenvalue weighted by molar-refractivity contribution is 6.35. The molecule has 1 aliphatic rings. The van der Waals surface area contributed by atoms with Crippen LogP contribution in [0.5, 0.6) is 17.2 Å². The van der Waals surface area contributed by atoms with Gasteiger partial charge in [-0.05, 0) is 47.9 Å². The first-order valence-electron chi connectivity index (χ1n) is 11.5. The molecule has 3 aromatic rings. The van der Waals surface area contributed by atoms with Crippen LogP contribution in [-0.4, -0.2) is 25.1 Å². The van der Waals surface area contributed by atoms with Gasteiger partial charge in [0, 0.05) is 29.8 Å². The summed E-state index contributed by atoms with van der Waals surface area (Å²) >= 11 is 12.5. The number of ether oxygens (including phenoxy) is 3. The normalized spacial score (nSPS) is 17.1. The number of amides is 2. The van der Waals surface area contributed by atoms with Gasteiger partial charge in [-0.25, -0.2) is 13.6 Å². The van der Waals surface area contributed by atoms with Gasteiger partial charge < -0.3 is 24.8 Å². The summed E-state index contributed by atoms with van der Waals surface area (Å²) in [5.41, 5.74) is 0.0308. The van der Waals surface area contributed by atoms with Gasteiger partial charge in [-0.2, -0.15) is 0 Å². The van der Waals surface area contributed by atoms with E-state index in [0.29, 0.717) is 16.1 Å². The van der Waals surface area contributed by atoms with E-state index in [1.807, 2.05) is 0 Å². The lowest BCUT2D eigenvalue weighted by atomic mass is 9.86. The number of likely N-dealkylation sites (N-methyl/N-ethyl adjacent to an activating group) is 1. The minimum atomic E-state index is -1.72. The summed E-state index contributed by atoms with van der Waals surface area (Å²) in [5.74, 6) is -4.02. The molecule has 11 heteroatoms. The van der Waals surface area contributed by atoms with Crippen LogP contribution in [0.3, 0.4) is 0 Å². The average Bonchev–Trinajstić information content (AvgIpc) is 3.20. The Morgan fingerprint density at radius 3 is 2.18 bits per heavy atom. The maximum absolute atomic E-state index is 15.0. The molecule has 0 bridgehead atoms. The molecule has 4 rings (SSSR count). The minimum Gasteiger partial charge on any atom is -0.440 e. The van der Waals surface area contributed by atoms with E-state index in [4.69, 9.17) is 37.4 Å². The summed E-state index contributed by atoms with van der Waals surface area (Å²) in [5, 5.41) is 5.49. The van der Waals surface area contributed by atoms with Gasteiger partial charge >= 0.3 is 11.9 Å². The summed E-state index contributed by atoms with van der Waals surface area (Å²) in [4.78, 5) is 24.8. The molecule has 2 atom stereocenters. The van der Waals surface area contributed by atoms with Gasteiger partial charge in [0.1, 0.15) is 11.9 Å². The van der Waals surface area contributed by atoms with Crippen molar-refractivity contribution in [2.45, 2.75) is 32.6 Å². The van der Waals surface area contributed by atoms with Gasteiger partial charge in [0.25, 0.3) is 0 Å². The van der Waals surface area contributed by atoms with Crippen LogP contribution >= 0.6 is 23.2 Å². The highest BCUT2D eigenvalue weighted by Crippen LogP contribution is 2.51. The van der Waals surface area contributed by atoms with Crippen molar-refractivity contribution in [1.82, 2.24) is 10.6 Å². The minimum absolute atomic E-state index is 0.0106. The number of halogens is 4. The number of rotatable bonds is 5. The number of benzene rings is 3. The smallest absolute Gasteiger partial charge is 0.413 e. The first kappa shape index (κ1) is 27.5. The van der Waals surface area contributed by atoms with Crippen LogP contribution in [0, 0.1) is 17.0 Å². The lowest BCUT2D eigenvalue weighted by molar-refractivity contribution is -0.124. The molecule has 0 radical (unpaired) electrons. The second-order valence-corrected chi connectivity index (χ2v) is 10.5. The van der Waals surface area contributed by atoms with Crippen LogP contribution in [0.15, 0.2) is 54.6 Å². The fraction of sp³-hybridized carbons (Fsp3) is 0.259. The molecule has 2 amide bonds. The molecule has 0 aliphatic carbocycles. The largest absolute Gasteiger partial charge is 0.440 e. The summed E-state index contributed by atoms with van der Waals surface area (Å²) < 4.78 is 46.2. The highest BCUT2D eigenvalue weighted by Gasteiger charge is 2.47. The number of hydrogen-bond acceptors (Lipinski definition) is 5. The molecule has 3 aromatic carbocycles. The van der Waals surface area contributed by atoms with Crippen LogP contribution in [0.25, 0.3) is 0 Å². The predicted octanol–water partition coefficient (Wildman–Crippen LogP) is 6.19. The number of carbonyl (C=O) groups excluding carboxylic acids is 2. The quantitative estimate of drug-likeness (QED) is 0.385. The zero-order chi connectivity index (χ0) is 27.8.